The minimum atomic E-state index is -4.42. The second kappa shape index (κ2) is 4.63. The van der Waals surface area contributed by atoms with Gasteiger partial charge in [-0.15, -0.1) is 0 Å². The number of rotatable bonds is 3. The Morgan fingerprint density at radius 3 is 2.50 bits per heavy atom. The summed E-state index contributed by atoms with van der Waals surface area (Å²) < 4.78 is 47.4. The smallest absolute Gasteiger partial charge is 0.416 e. The van der Waals surface area contributed by atoms with Crippen LogP contribution < -0.4 is 4.74 Å². The first-order chi connectivity index (χ1) is 8.30. The molecule has 1 heterocycles. The van der Waals surface area contributed by atoms with Crippen LogP contribution in [0, 0.1) is 12.3 Å². The Labute approximate surface area is 108 Å². The summed E-state index contributed by atoms with van der Waals surface area (Å²) in [6, 6.07) is 2.94. The van der Waals surface area contributed by atoms with Crippen molar-refractivity contribution in [2.24, 2.45) is 5.41 Å². The van der Waals surface area contributed by atoms with Gasteiger partial charge in [0.1, 0.15) is 5.75 Å². The maximum atomic E-state index is 12.4. The highest BCUT2D eigenvalue weighted by Gasteiger charge is 2.35. The van der Waals surface area contributed by atoms with Crippen LogP contribution in [0.5, 0.6) is 5.75 Å². The zero-order chi connectivity index (χ0) is 13.4. The third kappa shape index (κ3) is 2.90. The van der Waals surface area contributed by atoms with Crippen molar-refractivity contribution < 1.29 is 22.6 Å². The molecule has 0 amide bonds. The third-order valence-electron chi connectivity index (χ3n) is 2.55. The zero-order valence-corrected chi connectivity index (χ0v) is 10.0. The lowest BCUT2D eigenvalue weighted by molar-refractivity contribution is -0.137. The molecule has 0 aromatic heterocycles. The van der Waals surface area contributed by atoms with Gasteiger partial charge < -0.3 is 9.47 Å². The van der Waals surface area contributed by atoms with Crippen LogP contribution in [-0.2, 0) is 10.9 Å². The summed E-state index contributed by atoms with van der Waals surface area (Å²) in [4.78, 5) is 0. The van der Waals surface area contributed by atoms with Crippen molar-refractivity contribution in [2.75, 3.05) is 19.8 Å². The molecule has 1 saturated heterocycles. The fourth-order valence-corrected chi connectivity index (χ4v) is 1.70. The maximum absolute atomic E-state index is 12.4. The van der Waals surface area contributed by atoms with E-state index in [4.69, 9.17) is 28.0 Å². The van der Waals surface area contributed by atoms with Crippen LogP contribution in [0.4, 0.5) is 13.2 Å². The van der Waals surface area contributed by atoms with Crippen LogP contribution in [0.1, 0.15) is 5.56 Å². The van der Waals surface area contributed by atoms with Crippen molar-refractivity contribution in [3.8, 4) is 5.75 Å². The Morgan fingerprint density at radius 2 is 2.06 bits per heavy atom. The van der Waals surface area contributed by atoms with Gasteiger partial charge in [-0.05, 0) is 25.1 Å². The molecular formula is C12H10ClF3O2. The summed E-state index contributed by atoms with van der Waals surface area (Å²) in [6.07, 6.45) is -4.42. The molecule has 1 aliphatic heterocycles. The topological polar surface area (TPSA) is 18.5 Å². The third-order valence-corrected chi connectivity index (χ3v) is 2.85. The van der Waals surface area contributed by atoms with Crippen molar-refractivity contribution in [3.63, 3.8) is 0 Å². The molecule has 1 aliphatic rings. The Balaban J connectivity index is 2.06. The van der Waals surface area contributed by atoms with Crippen molar-refractivity contribution >= 4 is 11.6 Å². The van der Waals surface area contributed by atoms with E-state index in [1.807, 2.05) is 0 Å². The molecular weight excluding hydrogens is 269 g/mol. The van der Waals surface area contributed by atoms with E-state index < -0.39 is 17.2 Å². The molecule has 1 aromatic rings. The Morgan fingerprint density at radius 1 is 1.39 bits per heavy atom. The van der Waals surface area contributed by atoms with E-state index >= 15 is 0 Å². The quantitative estimate of drug-likeness (QED) is 0.843. The molecule has 2 radical (unpaired) electrons. The lowest BCUT2D eigenvalue weighted by Gasteiger charge is -2.37. The molecule has 0 atom stereocenters. The first-order valence-corrected chi connectivity index (χ1v) is 5.54. The van der Waals surface area contributed by atoms with Gasteiger partial charge >= 0.3 is 6.18 Å². The second-order valence-electron chi connectivity index (χ2n) is 4.29. The highest BCUT2D eigenvalue weighted by Crippen LogP contribution is 2.35. The van der Waals surface area contributed by atoms with Crippen molar-refractivity contribution in [1.29, 1.82) is 0 Å². The molecule has 1 fully saturated rings. The van der Waals surface area contributed by atoms with Gasteiger partial charge in [0.25, 0.3) is 0 Å². The molecule has 6 heteroatoms. The fraction of sp³-hybridized carbons (Fsp3) is 0.417. The maximum Gasteiger partial charge on any atom is 0.416 e. The molecule has 0 unspecified atom stereocenters. The standard InChI is InChI=1S/C12H10ClF3O2/c1-11(5-17-6-11)7-18-10-3-2-8(4-9(10)13)12(14,15)16/h1-4H,5-7H2. The van der Waals surface area contributed by atoms with E-state index in [1.165, 1.54) is 6.07 Å². The number of hydrogen-bond acceptors (Lipinski definition) is 2. The summed E-state index contributed by atoms with van der Waals surface area (Å²) in [5.74, 6) is 0.182. The molecule has 0 spiro atoms. The average molecular weight is 279 g/mol. The minimum Gasteiger partial charge on any atom is -0.491 e. The lowest BCUT2D eigenvalue weighted by Crippen LogP contribution is -2.44. The number of benzene rings is 1. The summed E-state index contributed by atoms with van der Waals surface area (Å²) in [6.45, 7) is 6.71. The summed E-state index contributed by atoms with van der Waals surface area (Å²) >= 11 is 5.73. The first kappa shape index (κ1) is 13.5. The van der Waals surface area contributed by atoms with Crippen LogP contribution in [0.3, 0.4) is 0 Å². The normalized spacial score (nSPS) is 18.3. The van der Waals surface area contributed by atoms with Crippen molar-refractivity contribution in [1.82, 2.24) is 0 Å². The summed E-state index contributed by atoms with van der Waals surface area (Å²) in [7, 11) is 0. The van der Waals surface area contributed by atoms with E-state index in [2.05, 4.69) is 0 Å². The zero-order valence-electron chi connectivity index (χ0n) is 9.26. The Hall–Kier alpha value is -0.940. The number of halogens is 4. The van der Waals surface area contributed by atoms with Gasteiger partial charge in [0.05, 0.1) is 35.8 Å². The van der Waals surface area contributed by atoms with E-state index in [9.17, 15) is 13.2 Å². The fourth-order valence-electron chi connectivity index (χ4n) is 1.46. The first-order valence-electron chi connectivity index (χ1n) is 5.16. The molecule has 0 bridgehead atoms. The average Bonchev–Trinajstić information content (AvgIpc) is 2.23. The van der Waals surface area contributed by atoms with E-state index in [0.717, 1.165) is 12.1 Å². The Kier molecular flexibility index (Phi) is 3.47. The molecule has 0 saturated carbocycles. The van der Waals surface area contributed by atoms with E-state index in [1.54, 1.807) is 0 Å². The van der Waals surface area contributed by atoms with Crippen LogP contribution in [0.2, 0.25) is 5.02 Å². The summed E-state index contributed by atoms with van der Waals surface area (Å²) in [5.41, 5.74) is -1.39. The second-order valence-corrected chi connectivity index (χ2v) is 4.69. The van der Waals surface area contributed by atoms with Gasteiger partial charge in [0, 0.05) is 0 Å². The molecule has 98 valence electrons. The number of ether oxygens (including phenoxy) is 2. The van der Waals surface area contributed by atoms with Crippen molar-refractivity contribution in [2.45, 2.75) is 6.18 Å². The van der Waals surface area contributed by atoms with Gasteiger partial charge in [-0.1, -0.05) is 11.6 Å². The van der Waals surface area contributed by atoms with Crippen LogP contribution in [-0.4, -0.2) is 19.8 Å². The Bertz CT molecular complexity index is 441. The van der Waals surface area contributed by atoms with E-state index in [0.29, 0.717) is 13.2 Å². The van der Waals surface area contributed by atoms with Crippen LogP contribution in [0.15, 0.2) is 18.2 Å². The summed E-state index contributed by atoms with van der Waals surface area (Å²) in [5, 5.41) is -0.0892. The van der Waals surface area contributed by atoms with Crippen LogP contribution in [0.25, 0.3) is 0 Å². The predicted octanol–water partition coefficient (Wildman–Crippen LogP) is 3.47. The molecule has 18 heavy (non-hydrogen) atoms. The highest BCUT2D eigenvalue weighted by molar-refractivity contribution is 6.32. The minimum absolute atomic E-state index is 0.0892. The molecule has 2 rings (SSSR count). The predicted molar refractivity (Wildman–Crippen MR) is 59.5 cm³/mol. The molecule has 0 N–H and O–H groups in total. The van der Waals surface area contributed by atoms with Gasteiger partial charge in [-0.25, -0.2) is 0 Å². The SMILES string of the molecule is [CH]C1(COc2ccc(C(F)(F)F)cc2Cl)COC1. The molecule has 1 aromatic carbocycles. The van der Waals surface area contributed by atoms with Crippen molar-refractivity contribution in [3.05, 3.63) is 35.7 Å². The molecule has 2 nitrogen and oxygen atoms in total. The molecule has 0 aliphatic carbocycles. The van der Waals surface area contributed by atoms with Crippen LogP contribution >= 0.6 is 11.6 Å². The number of alkyl halides is 3. The van der Waals surface area contributed by atoms with Gasteiger partial charge in [-0.2, -0.15) is 13.2 Å². The number of hydrogen-bond donors (Lipinski definition) is 0. The monoisotopic (exact) mass is 278 g/mol. The van der Waals surface area contributed by atoms with Gasteiger partial charge in [0.15, 0.2) is 0 Å². The lowest BCUT2D eigenvalue weighted by atomic mass is 9.90. The van der Waals surface area contributed by atoms with Gasteiger partial charge in [-0.3, -0.25) is 0 Å². The highest BCUT2D eigenvalue weighted by atomic mass is 35.5. The largest absolute Gasteiger partial charge is 0.491 e. The van der Waals surface area contributed by atoms with Gasteiger partial charge in [0.2, 0.25) is 0 Å². The van der Waals surface area contributed by atoms with E-state index in [-0.39, 0.29) is 17.4 Å².